The summed E-state index contributed by atoms with van der Waals surface area (Å²) in [5, 5.41) is 0.565. The first-order valence-corrected chi connectivity index (χ1v) is 11.8. The van der Waals surface area contributed by atoms with Crippen molar-refractivity contribution in [2.24, 2.45) is 13.0 Å². The van der Waals surface area contributed by atoms with Crippen LogP contribution in [0.5, 0.6) is 5.75 Å². The predicted molar refractivity (Wildman–Crippen MR) is 129 cm³/mol. The molecule has 176 valence electrons. The van der Waals surface area contributed by atoms with Crippen molar-refractivity contribution in [3.8, 4) is 5.75 Å². The van der Waals surface area contributed by atoms with Gasteiger partial charge in [-0.2, -0.15) is 0 Å². The number of aryl methyl sites for hydroxylation is 2. The Bertz CT molecular complexity index is 1190. The van der Waals surface area contributed by atoms with E-state index in [-0.39, 0.29) is 13.1 Å². The second kappa shape index (κ2) is 9.47. The lowest BCUT2D eigenvalue weighted by Gasteiger charge is -2.31. The maximum atomic E-state index is 13.0. The highest BCUT2D eigenvalue weighted by atomic mass is 16.5. The summed E-state index contributed by atoms with van der Waals surface area (Å²) in [5.74, 6) is 2.08. The molecule has 2 aromatic heterocycles. The molecule has 0 amide bonds. The summed E-state index contributed by atoms with van der Waals surface area (Å²) in [7, 11) is 1.73. The van der Waals surface area contributed by atoms with Crippen molar-refractivity contribution in [1.29, 1.82) is 0 Å². The Morgan fingerprint density at radius 3 is 2.70 bits per heavy atom. The van der Waals surface area contributed by atoms with E-state index in [0.717, 1.165) is 62.4 Å². The van der Waals surface area contributed by atoms with Crippen LogP contribution < -0.4 is 15.2 Å². The zero-order valence-corrected chi connectivity index (χ0v) is 19.4. The highest BCUT2D eigenvalue weighted by Gasteiger charge is 2.25. The van der Waals surface area contributed by atoms with Gasteiger partial charge in [-0.3, -0.25) is 4.79 Å². The lowest BCUT2D eigenvalue weighted by Crippen LogP contribution is -2.36. The molecule has 1 saturated heterocycles. The van der Waals surface area contributed by atoms with Gasteiger partial charge in [-0.1, -0.05) is 0 Å². The van der Waals surface area contributed by atoms with Crippen LogP contribution in [0, 0.1) is 12.8 Å². The topological polar surface area (TPSA) is 82.4 Å². The largest absolute Gasteiger partial charge is 0.489 e. The average molecular weight is 452 g/mol. The smallest absolute Gasteiger partial charge is 0.264 e. The van der Waals surface area contributed by atoms with Crippen molar-refractivity contribution in [3.63, 3.8) is 0 Å². The van der Waals surface area contributed by atoms with Crippen LogP contribution in [-0.2, 0) is 18.2 Å². The van der Waals surface area contributed by atoms with E-state index in [9.17, 15) is 4.79 Å². The normalized spacial score (nSPS) is 21.3. The fourth-order valence-corrected chi connectivity index (χ4v) is 4.93. The molecule has 0 atom stereocenters. The molecule has 2 fully saturated rings. The lowest BCUT2D eigenvalue weighted by molar-refractivity contribution is 0.122. The number of benzene rings is 1. The van der Waals surface area contributed by atoms with Crippen molar-refractivity contribution in [2.75, 3.05) is 31.2 Å². The van der Waals surface area contributed by atoms with Gasteiger partial charge in [0.25, 0.3) is 5.56 Å². The molecule has 0 unspecified atom stereocenters. The number of hydrogen-bond donors (Lipinski definition) is 0. The Labute approximate surface area is 195 Å². The van der Waals surface area contributed by atoms with E-state index >= 15 is 0 Å². The molecule has 0 N–H and O–H groups in total. The molecular formula is C25H33N5O3. The van der Waals surface area contributed by atoms with E-state index < -0.39 is 0 Å². The third-order valence-corrected chi connectivity index (χ3v) is 6.77. The summed E-state index contributed by atoms with van der Waals surface area (Å²) < 4.78 is 13.5. The number of nitrogens with zero attached hydrogens (tertiary/aromatic N) is 5. The zero-order chi connectivity index (χ0) is 22.8. The van der Waals surface area contributed by atoms with Crippen molar-refractivity contribution in [3.05, 3.63) is 52.6 Å². The summed E-state index contributed by atoms with van der Waals surface area (Å²) in [6.07, 6.45) is 8.62. The molecule has 1 aliphatic heterocycles. The first-order chi connectivity index (χ1) is 16.1. The van der Waals surface area contributed by atoms with Gasteiger partial charge in [0.05, 0.1) is 31.2 Å². The minimum atomic E-state index is -0.0728. The molecule has 3 heterocycles. The highest BCUT2D eigenvalue weighted by Crippen LogP contribution is 2.34. The Morgan fingerprint density at radius 2 is 1.94 bits per heavy atom. The molecule has 0 radical (unpaired) electrons. The summed E-state index contributed by atoms with van der Waals surface area (Å²) in [6.45, 7) is 4.98. The number of fused-ring (bicyclic) bond motifs is 1. The first-order valence-electron chi connectivity index (χ1n) is 11.8. The van der Waals surface area contributed by atoms with Crippen LogP contribution in [0.2, 0.25) is 0 Å². The van der Waals surface area contributed by atoms with Crippen LogP contribution in [-0.4, -0.2) is 51.9 Å². The summed E-state index contributed by atoms with van der Waals surface area (Å²) in [5.41, 5.74) is 2.77. The minimum absolute atomic E-state index is 0. The van der Waals surface area contributed by atoms with Gasteiger partial charge in [0.15, 0.2) is 0 Å². The Hall–Kier alpha value is -3.00. The van der Waals surface area contributed by atoms with Crippen molar-refractivity contribution in [2.45, 2.75) is 45.1 Å². The van der Waals surface area contributed by atoms with Gasteiger partial charge < -0.3 is 18.9 Å². The number of ether oxygens (including phenoxy) is 2. The number of anilines is 1. The van der Waals surface area contributed by atoms with Crippen LogP contribution in [0.3, 0.4) is 0 Å². The van der Waals surface area contributed by atoms with Crippen LogP contribution in [0.1, 0.15) is 38.6 Å². The quantitative estimate of drug-likeness (QED) is 0.589. The van der Waals surface area contributed by atoms with Gasteiger partial charge in [-0.15, -0.1) is 0 Å². The Balaban J connectivity index is 0.00000274. The number of hydrogen-bond acceptors (Lipinski definition) is 7. The van der Waals surface area contributed by atoms with Gasteiger partial charge in [0.1, 0.15) is 17.0 Å². The molecule has 0 spiro atoms. The van der Waals surface area contributed by atoms with Crippen molar-refractivity contribution in [1.82, 2.24) is 19.5 Å². The van der Waals surface area contributed by atoms with Gasteiger partial charge in [-0.25, -0.2) is 15.0 Å². The highest BCUT2D eigenvalue weighted by molar-refractivity contribution is 5.88. The van der Waals surface area contributed by atoms with Crippen LogP contribution >= 0.6 is 0 Å². The molecule has 0 bridgehead atoms. The van der Waals surface area contributed by atoms with E-state index in [1.54, 1.807) is 13.4 Å². The van der Waals surface area contributed by atoms with E-state index in [2.05, 4.69) is 19.9 Å². The first kappa shape index (κ1) is 21.8. The molecule has 3 aromatic rings. The monoisotopic (exact) mass is 451 g/mol. The lowest BCUT2D eigenvalue weighted by atomic mass is 9.84. The Kier molecular flexibility index (Phi) is 6.26. The second-order valence-corrected chi connectivity index (χ2v) is 9.16. The minimum Gasteiger partial charge on any atom is -0.489 e. The van der Waals surface area contributed by atoms with Crippen LogP contribution in [0.15, 0.2) is 35.5 Å². The van der Waals surface area contributed by atoms with Crippen LogP contribution in [0.4, 0.5) is 5.69 Å². The van der Waals surface area contributed by atoms with Gasteiger partial charge >= 0.3 is 0 Å². The number of rotatable bonds is 5. The van der Waals surface area contributed by atoms with E-state index in [1.165, 1.54) is 4.57 Å². The number of aromatic nitrogens is 4. The summed E-state index contributed by atoms with van der Waals surface area (Å²) in [4.78, 5) is 28.5. The fraction of sp³-hybridized carbons (Fsp3) is 0.520. The maximum Gasteiger partial charge on any atom is 0.264 e. The van der Waals surface area contributed by atoms with Crippen molar-refractivity contribution < 1.29 is 10.9 Å². The zero-order valence-electron chi connectivity index (χ0n) is 19.4. The molecule has 1 aromatic carbocycles. The summed E-state index contributed by atoms with van der Waals surface area (Å²) in [6, 6.07) is 6.03. The molecular weight excluding hydrogens is 418 g/mol. The molecule has 8 nitrogen and oxygen atoms in total. The molecule has 8 heteroatoms. The van der Waals surface area contributed by atoms with Crippen LogP contribution in [0.25, 0.3) is 10.9 Å². The van der Waals surface area contributed by atoms with Crippen molar-refractivity contribution >= 4 is 16.6 Å². The van der Waals surface area contributed by atoms with E-state index in [1.807, 2.05) is 31.3 Å². The molecule has 5 rings (SSSR count). The number of morpholine rings is 1. The molecule has 33 heavy (non-hydrogen) atoms. The average Bonchev–Trinajstić information content (AvgIpc) is 2.83. The maximum absolute atomic E-state index is 13.0. The SMILES string of the molecule is Cc1nccc(CC2CCC(Oc3cc(N4CCOCC4)cc4ncn(C)c(=O)c34)CC2)n1.[HH]. The molecule has 1 aliphatic carbocycles. The fourth-order valence-electron chi connectivity index (χ4n) is 4.93. The third kappa shape index (κ3) is 4.85. The van der Waals surface area contributed by atoms with Gasteiger partial charge in [0, 0.05) is 45.2 Å². The standard InChI is InChI=1S/C25H31N5O3.H2/c1-17-26-8-7-19(28-17)13-18-3-5-21(6-4-18)33-23-15-20(30-9-11-32-12-10-30)14-22-24(23)25(31)29(2)16-27-22;/h7-8,14-16,18,21H,3-6,9-13H2,1-2H3;1H. The van der Waals surface area contributed by atoms with E-state index in [0.29, 0.717) is 35.8 Å². The third-order valence-electron chi connectivity index (χ3n) is 6.77. The molecule has 1 saturated carbocycles. The Morgan fingerprint density at radius 1 is 1.15 bits per heavy atom. The molecule has 2 aliphatic rings. The van der Waals surface area contributed by atoms with Gasteiger partial charge in [0.2, 0.25) is 0 Å². The van der Waals surface area contributed by atoms with Gasteiger partial charge in [-0.05, 0) is 57.1 Å². The second-order valence-electron chi connectivity index (χ2n) is 9.16. The predicted octanol–water partition coefficient (Wildman–Crippen LogP) is 3.29. The summed E-state index contributed by atoms with van der Waals surface area (Å²) >= 11 is 0. The van der Waals surface area contributed by atoms with E-state index in [4.69, 9.17) is 9.47 Å².